The van der Waals surface area contributed by atoms with Gasteiger partial charge in [0.2, 0.25) is 0 Å². The quantitative estimate of drug-likeness (QED) is 0.782. The molecule has 0 unspecified atom stereocenters. The lowest BCUT2D eigenvalue weighted by atomic mass is 10.1. The molecule has 0 saturated heterocycles. The van der Waals surface area contributed by atoms with E-state index in [4.69, 9.17) is 15.2 Å². The Morgan fingerprint density at radius 3 is 2.86 bits per heavy atom. The molecule has 0 saturated carbocycles. The van der Waals surface area contributed by atoms with Gasteiger partial charge in [-0.05, 0) is 24.3 Å². The van der Waals surface area contributed by atoms with Gasteiger partial charge in [-0.2, -0.15) is 0 Å². The van der Waals surface area contributed by atoms with Crippen LogP contribution in [0.1, 0.15) is 5.56 Å². The Hall–Kier alpha value is -2.53. The van der Waals surface area contributed by atoms with Crippen LogP contribution in [0.2, 0.25) is 0 Å². The van der Waals surface area contributed by atoms with Gasteiger partial charge in [-0.15, -0.1) is 0 Å². The Balaban J connectivity index is 1.83. The number of hydrogen-bond donors (Lipinski definition) is 1. The summed E-state index contributed by atoms with van der Waals surface area (Å²) in [6.07, 6.45) is 3.98. The smallest absolute Gasteiger partial charge is 0.162 e. The van der Waals surface area contributed by atoms with Crippen molar-refractivity contribution in [3.8, 4) is 22.8 Å². The first kappa shape index (κ1) is 12.2. The summed E-state index contributed by atoms with van der Waals surface area (Å²) in [4.78, 5) is 4.69. The number of imidazole rings is 1. The number of ether oxygens (including phenoxy) is 2. The summed E-state index contributed by atoms with van der Waals surface area (Å²) in [5.74, 6) is 1.56. The highest BCUT2D eigenvalue weighted by Crippen LogP contribution is 2.34. The summed E-state index contributed by atoms with van der Waals surface area (Å²) in [7, 11) is 0. The van der Waals surface area contributed by atoms with Crippen molar-refractivity contribution in [2.24, 2.45) is 5.73 Å². The molecule has 0 spiro atoms. The lowest BCUT2D eigenvalue weighted by Crippen LogP contribution is -2.15. The second-order valence-electron chi connectivity index (χ2n) is 4.95. The molecule has 0 bridgehead atoms. The van der Waals surface area contributed by atoms with Gasteiger partial charge in [0.15, 0.2) is 11.5 Å². The molecule has 3 heterocycles. The van der Waals surface area contributed by atoms with Gasteiger partial charge < -0.3 is 19.6 Å². The summed E-state index contributed by atoms with van der Waals surface area (Å²) in [6.45, 7) is 1.65. The standard InChI is InChI=1S/C16H15N3O2/c17-9-12-2-1-5-19-10-13(18-16(12)19)11-3-4-14-15(8-11)21-7-6-20-14/h1-5,8,10H,6-7,9,17H2. The van der Waals surface area contributed by atoms with E-state index in [0.717, 1.165) is 34.0 Å². The second kappa shape index (κ2) is 4.79. The molecule has 3 aromatic rings. The van der Waals surface area contributed by atoms with Crippen LogP contribution < -0.4 is 15.2 Å². The fourth-order valence-corrected chi connectivity index (χ4v) is 2.57. The summed E-state index contributed by atoms with van der Waals surface area (Å²) in [6, 6.07) is 9.87. The van der Waals surface area contributed by atoms with Gasteiger partial charge in [0.25, 0.3) is 0 Å². The zero-order valence-corrected chi connectivity index (χ0v) is 11.5. The minimum atomic E-state index is 0.474. The monoisotopic (exact) mass is 281 g/mol. The fourth-order valence-electron chi connectivity index (χ4n) is 2.57. The predicted molar refractivity (Wildman–Crippen MR) is 79.5 cm³/mol. The van der Waals surface area contributed by atoms with Crippen molar-refractivity contribution in [1.82, 2.24) is 9.38 Å². The average molecular weight is 281 g/mol. The van der Waals surface area contributed by atoms with Crippen LogP contribution in [0, 0.1) is 0 Å². The van der Waals surface area contributed by atoms with E-state index in [1.165, 1.54) is 0 Å². The van der Waals surface area contributed by atoms with Crippen LogP contribution >= 0.6 is 0 Å². The van der Waals surface area contributed by atoms with Crippen molar-refractivity contribution < 1.29 is 9.47 Å². The molecule has 106 valence electrons. The first-order chi connectivity index (χ1) is 10.3. The van der Waals surface area contributed by atoms with Crippen molar-refractivity contribution in [2.75, 3.05) is 13.2 Å². The molecular weight excluding hydrogens is 266 g/mol. The van der Waals surface area contributed by atoms with Crippen molar-refractivity contribution >= 4 is 5.65 Å². The molecule has 4 rings (SSSR count). The van der Waals surface area contributed by atoms with E-state index in [1.54, 1.807) is 0 Å². The molecule has 1 aliphatic heterocycles. The topological polar surface area (TPSA) is 61.8 Å². The number of fused-ring (bicyclic) bond motifs is 2. The molecular formula is C16H15N3O2. The van der Waals surface area contributed by atoms with E-state index in [-0.39, 0.29) is 0 Å². The minimum Gasteiger partial charge on any atom is -0.486 e. The van der Waals surface area contributed by atoms with Gasteiger partial charge in [0, 0.05) is 30.1 Å². The normalized spacial score (nSPS) is 13.6. The van der Waals surface area contributed by atoms with Crippen molar-refractivity contribution in [1.29, 1.82) is 0 Å². The number of nitrogens with zero attached hydrogens (tertiary/aromatic N) is 2. The van der Waals surface area contributed by atoms with Gasteiger partial charge in [-0.25, -0.2) is 4.98 Å². The number of hydrogen-bond acceptors (Lipinski definition) is 4. The van der Waals surface area contributed by atoms with Crippen LogP contribution in [0.5, 0.6) is 11.5 Å². The van der Waals surface area contributed by atoms with E-state index >= 15 is 0 Å². The lowest BCUT2D eigenvalue weighted by molar-refractivity contribution is 0.171. The Labute approximate surface area is 121 Å². The van der Waals surface area contributed by atoms with Crippen LogP contribution in [-0.2, 0) is 6.54 Å². The lowest BCUT2D eigenvalue weighted by Gasteiger charge is -2.18. The summed E-state index contributed by atoms with van der Waals surface area (Å²) in [5.41, 5.74) is 9.59. The first-order valence-electron chi connectivity index (χ1n) is 6.92. The molecule has 1 aliphatic rings. The average Bonchev–Trinajstić information content (AvgIpc) is 2.98. The Morgan fingerprint density at radius 1 is 1.14 bits per heavy atom. The molecule has 0 fully saturated rings. The molecule has 0 amide bonds. The third-order valence-electron chi connectivity index (χ3n) is 3.62. The van der Waals surface area contributed by atoms with Gasteiger partial charge in [-0.3, -0.25) is 0 Å². The first-order valence-corrected chi connectivity index (χ1v) is 6.92. The molecule has 0 radical (unpaired) electrons. The summed E-state index contributed by atoms with van der Waals surface area (Å²) in [5, 5.41) is 0. The van der Waals surface area contributed by atoms with Crippen molar-refractivity contribution in [3.63, 3.8) is 0 Å². The molecule has 0 aliphatic carbocycles. The van der Waals surface area contributed by atoms with Gasteiger partial charge in [0.05, 0.1) is 5.69 Å². The molecule has 5 heteroatoms. The molecule has 0 atom stereocenters. The van der Waals surface area contributed by atoms with Gasteiger partial charge in [-0.1, -0.05) is 6.07 Å². The number of nitrogens with two attached hydrogens (primary N) is 1. The number of aromatic nitrogens is 2. The van der Waals surface area contributed by atoms with Crippen LogP contribution in [0.15, 0.2) is 42.7 Å². The van der Waals surface area contributed by atoms with E-state index in [9.17, 15) is 0 Å². The Morgan fingerprint density at radius 2 is 2.00 bits per heavy atom. The maximum absolute atomic E-state index is 5.77. The van der Waals surface area contributed by atoms with Gasteiger partial charge in [0.1, 0.15) is 18.9 Å². The maximum atomic E-state index is 5.77. The van der Waals surface area contributed by atoms with E-state index < -0.39 is 0 Å². The summed E-state index contributed by atoms with van der Waals surface area (Å²) >= 11 is 0. The third-order valence-corrected chi connectivity index (χ3v) is 3.62. The van der Waals surface area contributed by atoms with Crippen LogP contribution in [-0.4, -0.2) is 22.6 Å². The molecule has 2 aromatic heterocycles. The number of rotatable bonds is 2. The van der Waals surface area contributed by atoms with Crippen molar-refractivity contribution in [2.45, 2.75) is 6.54 Å². The highest BCUT2D eigenvalue weighted by molar-refractivity contribution is 5.67. The molecule has 21 heavy (non-hydrogen) atoms. The maximum Gasteiger partial charge on any atom is 0.162 e. The third kappa shape index (κ3) is 2.02. The number of benzene rings is 1. The molecule has 1 aromatic carbocycles. The van der Waals surface area contributed by atoms with Crippen LogP contribution in [0.25, 0.3) is 16.9 Å². The molecule has 5 nitrogen and oxygen atoms in total. The largest absolute Gasteiger partial charge is 0.486 e. The summed E-state index contributed by atoms with van der Waals surface area (Å²) < 4.78 is 13.2. The van der Waals surface area contributed by atoms with E-state index in [2.05, 4.69) is 4.98 Å². The highest BCUT2D eigenvalue weighted by Gasteiger charge is 2.14. The number of pyridine rings is 1. The second-order valence-corrected chi connectivity index (χ2v) is 4.95. The van der Waals surface area contributed by atoms with Gasteiger partial charge >= 0.3 is 0 Å². The minimum absolute atomic E-state index is 0.474. The Bertz CT molecular complexity index is 810. The zero-order valence-electron chi connectivity index (χ0n) is 11.5. The molecule has 2 N–H and O–H groups in total. The van der Waals surface area contributed by atoms with Crippen molar-refractivity contribution in [3.05, 3.63) is 48.3 Å². The van der Waals surface area contributed by atoms with Crippen LogP contribution in [0.4, 0.5) is 0 Å². The Kier molecular flexibility index (Phi) is 2.79. The fraction of sp³-hybridized carbons (Fsp3) is 0.188. The SMILES string of the molecule is NCc1cccn2cc(-c3ccc4c(c3)OCCO4)nc12. The van der Waals surface area contributed by atoms with E-state index in [0.29, 0.717) is 19.8 Å². The van der Waals surface area contributed by atoms with Crippen LogP contribution in [0.3, 0.4) is 0 Å². The predicted octanol–water partition coefficient (Wildman–Crippen LogP) is 2.23. The highest BCUT2D eigenvalue weighted by atomic mass is 16.6. The van der Waals surface area contributed by atoms with E-state index in [1.807, 2.05) is 47.1 Å². The zero-order chi connectivity index (χ0) is 14.2.